The molecule has 2 aliphatic carbocycles. The average Bonchev–Trinajstić information content (AvgIpc) is 2.99. The molecule has 260 valence electrons. The van der Waals surface area contributed by atoms with Gasteiger partial charge in [-0.1, -0.05) is 117 Å². The third-order valence-corrected chi connectivity index (χ3v) is 11.4. The van der Waals surface area contributed by atoms with Crippen molar-refractivity contribution in [1.29, 1.82) is 0 Å². The Morgan fingerprint density at radius 3 is 1.60 bits per heavy atom. The van der Waals surface area contributed by atoms with Gasteiger partial charge < -0.3 is 14.6 Å². The highest BCUT2D eigenvalue weighted by atomic mass is 16.5. The van der Waals surface area contributed by atoms with Crippen LogP contribution in [0.25, 0.3) is 0 Å². The molecule has 3 heteroatoms. The van der Waals surface area contributed by atoms with Crippen LogP contribution in [0.4, 0.5) is 0 Å². The van der Waals surface area contributed by atoms with Crippen LogP contribution in [-0.2, 0) is 22.3 Å². The maximum atomic E-state index is 11.4. The first-order valence-corrected chi connectivity index (χ1v) is 19.7. The van der Waals surface area contributed by atoms with Gasteiger partial charge in [0.2, 0.25) is 0 Å². The number of benzene rings is 1. The zero-order valence-electron chi connectivity index (χ0n) is 31.2. The summed E-state index contributed by atoms with van der Waals surface area (Å²) in [5.41, 5.74) is 1.52. The second-order valence-electron chi connectivity index (χ2n) is 16.5. The van der Waals surface area contributed by atoms with Gasteiger partial charge >= 0.3 is 0 Å². The smallest absolute Gasteiger partial charge is 0.119 e. The van der Waals surface area contributed by atoms with Crippen LogP contribution in [0.2, 0.25) is 0 Å². The molecule has 0 radical (unpaired) electrons. The van der Waals surface area contributed by atoms with Crippen LogP contribution in [0.1, 0.15) is 195 Å². The molecule has 4 atom stereocenters. The Balaban J connectivity index is 1.87. The number of aromatic hydroxyl groups is 1. The Hall–Kier alpha value is -1.06. The molecular formula is C42H74O3. The fourth-order valence-corrected chi connectivity index (χ4v) is 9.31. The first-order chi connectivity index (χ1) is 21.5. The fourth-order valence-electron chi connectivity index (χ4n) is 9.31. The first kappa shape index (κ1) is 38.4. The predicted molar refractivity (Wildman–Crippen MR) is 193 cm³/mol. The van der Waals surface area contributed by atoms with Gasteiger partial charge in [0.25, 0.3) is 0 Å². The number of hydrogen-bond donors (Lipinski definition) is 1. The van der Waals surface area contributed by atoms with Gasteiger partial charge in [0, 0.05) is 12.8 Å². The highest BCUT2D eigenvalue weighted by molar-refractivity contribution is 5.41. The molecule has 45 heavy (non-hydrogen) atoms. The lowest BCUT2D eigenvalue weighted by Crippen LogP contribution is -2.50. The standard InChI is InChI=1S/C42H74O3/c1-9-13-23-35-25-17-19-30-41(35,28-15-11-3)44-39(5,6)32-34-22-21-27-38(43)37(34)33-40(7,8)45-42(29-16-12-4)31-20-18-26-36(42)24-14-10-2/h21-22,27,35-36,43H,9-20,23-26,28-33H2,1-8H3. The van der Waals surface area contributed by atoms with Crippen molar-refractivity contribution in [3.8, 4) is 5.75 Å². The van der Waals surface area contributed by atoms with Crippen LogP contribution in [0, 0.1) is 11.8 Å². The molecule has 0 saturated heterocycles. The molecule has 3 nitrogen and oxygen atoms in total. The normalized spacial score (nSPS) is 26.3. The zero-order valence-corrected chi connectivity index (χ0v) is 31.2. The van der Waals surface area contributed by atoms with Crippen LogP contribution in [0.3, 0.4) is 0 Å². The number of unbranched alkanes of at least 4 members (excludes halogenated alkanes) is 4. The number of phenolic OH excluding ortho intramolecular Hbond substituents is 1. The summed E-state index contributed by atoms with van der Waals surface area (Å²) in [6, 6.07) is 6.15. The van der Waals surface area contributed by atoms with Crippen LogP contribution < -0.4 is 0 Å². The van der Waals surface area contributed by atoms with E-state index in [1.165, 1.54) is 128 Å². The zero-order chi connectivity index (χ0) is 33.0. The van der Waals surface area contributed by atoms with Crippen molar-refractivity contribution >= 4 is 0 Å². The molecule has 0 bridgehead atoms. The summed E-state index contributed by atoms with van der Waals surface area (Å²) >= 11 is 0. The molecule has 2 saturated carbocycles. The quantitative estimate of drug-likeness (QED) is 0.156. The Morgan fingerprint density at radius 2 is 1.13 bits per heavy atom. The van der Waals surface area contributed by atoms with Crippen molar-refractivity contribution in [3.05, 3.63) is 29.3 Å². The van der Waals surface area contributed by atoms with E-state index < -0.39 is 0 Å². The van der Waals surface area contributed by atoms with Crippen LogP contribution >= 0.6 is 0 Å². The summed E-state index contributed by atoms with van der Waals surface area (Å²) in [5, 5.41) is 11.4. The molecule has 3 rings (SSSR count). The molecule has 0 spiro atoms. The van der Waals surface area contributed by atoms with Crippen LogP contribution in [0.15, 0.2) is 18.2 Å². The summed E-state index contributed by atoms with van der Waals surface area (Å²) in [5.74, 6) is 1.71. The van der Waals surface area contributed by atoms with E-state index in [4.69, 9.17) is 9.47 Å². The van der Waals surface area contributed by atoms with Crippen LogP contribution in [0.5, 0.6) is 5.75 Å². The van der Waals surface area contributed by atoms with Gasteiger partial charge in [0.1, 0.15) is 5.75 Å². The minimum atomic E-state index is -0.370. The molecule has 1 aromatic carbocycles. The van der Waals surface area contributed by atoms with E-state index in [1.54, 1.807) is 0 Å². The summed E-state index contributed by atoms with van der Waals surface area (Å²) in [6.07, 6.45) is 26.6. The molecule has 0 aromatic heterocycles. The maximum absolute atomic E-state index is 11.4. The van der Waals surface area contributed by atoms with Crippen molar-refractivity contribution in [1.82, 2.24) is 0 Å². The topological polar surface area (TPSA) is 38.7 Å². The predicted octanol–water partition coefficient (Wildman–Crippen LogP) is 12.7. The summed E-state index contributed by atoms with van der Waals surface area (Å²) in [6.45, 7) is 18.4. The Morgan fingerprint density at radius 1 is 0.667 bits per heavy atom. The molecular weight excluding hydrogens is 552 g/mol. The number of rotatable bonds is 20. The highest BCUT2D eigenvalue weighted by Crippen LogP contribution is 2.48. The minimum absolute atomic E-state index is 0.0214. The first-order valence-electron chi connectivity index (χ1n) is 19.7. The van der Waals surface area contributed by atoms with Gasteiger partial charge in [-0.2, -0.15) is 0 Å². The lowest BCUT2D eigenvalue weighted by atomic mass is 9.70. The SMILES string of the molecule is CCCCC1CCCCC1(CCCC)OC(C)(C)Cc1cccc(O)c1CC(C)(C)OC1(CCCC)CCCCC1CCCC. The number of hydrogen-bond acceptors (Lipinski definition) is 3. The molecule has 2 fully saturated rings. The molecule has 0 heterocycles. The van der Waals surface area contributed by atoms with Crippen molar-refractivity contribution in [2.45, 2.75) is 219 Å². The highest BCUT2D eigenvalue weighted by Gasteiger charge is 2.46. The monoisotopic (exact) mass is 627 g/mol. The largest absolute Gasteiger partial charge is 0.508 e. The Bertz CT molecular complexity index is 982. The van der Waals surface area contributed by atoms with E-state index in [0.717, 1.165) is 24.8 Å². The molecule has 4 unspecified atom stereocenters. The van der Waals surface area contributed by atoms with E-state index >= 15 is 0 Å². The molecule has 0 aliphatic heterocycles. The van der Waals surface area contributed by atoms with Gasteiger partial charge in [0.15, 0.2) is 0 Å². The van der Waals surface area contributed by atoms with Crippen molar-refractivity contribution in [3.63, 3.8) is 0 Å². The van der Waals surface area contributed by atoms with Crippen molar-refractivity contribution < 1.29 is 14.6 Å². The van der Waals surface area contributed by atoms with Crippen molar-refractivity contribution in [2.24, 2.45) is 11.8 Å². The summed E-state index contributed by atoms with van der Waals surface area (Å²) in [7, 11) is 0. The third-order valence-electron chi connectivity index (χ3n) is 11.4. The molecule has 0 amide bonds. The van der Waals surface area contributed by atoms with E-state index in [-0.39, 0.29) is 22.4 Å². The number of phenols is 1. The maximum Gasteiger partial charge on any atom is 0.119 e. The van der Waals surface area contributed by atoms with Gasteiger partial charge in [-0.15, -0.1) is 0 Å². The third kappa shape index (κ3) is 11.0. The Kier molecular flexibility index (Phi) is 15.3. The molecule has 1 aromatic rings. The Labute approximate surface area is 280 Å². The number of ether oxygens (including phenoxy) is 2. The van der Waals surface area contributed by atoms with Gasteiger partial charge in [-0.3, -0.25) is 0 Å². The lowest BCUT2D eigenvalue weighted by Gasteiger charge is -2.49. The fraction of sp³-hybridized carbons (Fsp3) is 0.857. The minimum Gasteiger partial charge on any atom is -0.508 e. The average molecular weight is 627 g/mol. The summed E-state index contributed by atoms with van der Waals surface area (Å²) in [4.78, 5) is 0. The second kappa shape index (κ2) is 17.9. The lowest BCUT2D eigenvalue weighted by molar-refractivity contribution is -0.190. The second-order valence-corrected chi connectivity index (χ2v) is 16.5. The van der Waals surface area contributed by atoms with Crippen LogP contribution in [-0.4, -0.2) is 27.5 Å². The van der Waals surface area contributed by atoms with E-state index in [0.29, 0.717) is 17.6 Å². The van der Waals surface area contributed by atoms with E-state index in [9.17, 15) is 5.11 Å². The van der Waals surface area contributed by atoms with Gasteiger partial charge in [0.05, 0.1) is 22.4 Å². The van der Waals surface area contributed by atoms with E-state index in [2.05, 4.69) is 61.5 Å². The van der Waals surface area contributed by atoms with Gasteiger partial charge in [-0.25, -0.2) is 0 Å². The molecule has 1 N–H and O–H groups in total. The summed E-state index contributed by atoms with van der Waals surface area (Å²) < 4.78 is 14.8. The molecule has 2 aliphatic rings. The van der Waals surface area contributed by atoms with Gasteiger partial charge in [-0.05, 0) is 108 Å². The van der Waals surface area contributed by atoms with E-state index in [1.807, 2.05) is 12.1 Å². The van der Waals surface area contributed by atoms with Crippen molar-refractivity contribution in [2.75, 3.05) is 0 Å².